The smallest absolute Gasteiger partial charge is 0.224 e. The van der Waals surface area contributed by atoms with Gasteiger partial charge in [-0.15, -0.1) is 0 Å². The highest BCUT2D eigenvalue weighted by Crippen LogP contribution is 2.40. The Kier molecular flexibility index (Phi) is 4.74. The molecule has 2 fully saturated rings. The molecular weight excluding hydrogens is 288 g/mol. The van der Waals surface area contributed by atoms with Crippen LogP contribution >= 0.6 is 0 Å². The number of nitrogens with zero attached hydrogens (tertiary/aromatic N) is 2. The summed E-state index contributed by atoms with van der Waals surface area (Å²) in [6.07, 6.45) is 4.52. The Hall–Kier alpha value is -1.39. The molecule has 2 aliphatic rings. The second-order valence-electron chi connectivity index (χ2n) is 7.52. The predicted molar refractivity (Wildman–Crippen MR) is 91.2 cm³/mol. The minimum absolute atomic E-state index is 0.00470. The summed E-state index contributed by atoms with van der Waals surface area (Å²) in [6.45, 7) is 2.44. The molecule has 1 heterocycles. The number of β-amino-alcohol motifs (C(OH)–C–C–N with tert-alkyl or cyclic N) is 1. The Labute approximate surface area is 139 Å². The molecule has 3 rings (SSSR count). The number of benzene rings is 1. The van der Waals surface area contributed by atoms with E-state index in [2.05, 4.69) is 29.2 Å². The van der Waals surface area contributed by atoms with Crippen LogP contribution < -0.4 is 0 Å². The van der Waals surface area contributed by atoms with Gasteiger partial charge in [0.25, 0.3) is 0 Å². The molecule has 1 aromatic carbocycles. The standard InChI is InChI=1S/C19H28N2O2/c1-20(2)18(22)12-19(23)9-4-10-21(14-19)13-15-5-3-6-17(11-15)16-7-8-16/h3,5-6,11,16,23H,4,7-10,12-14H2,1-2H3. The van der Waals surface area contributed by atoms with Gasteiger partial charge in [0, 0.05) is 27.2 Å². The number of rotatable bonds is 5. The Morgan fingerprint density at radius 2 is 2.17 bits per heavy atom. The summed E-state index contributed by atoms with van der Waals surface area (Å²) in [6, 6.07) is 8.86. The SMILES string of the molecule is CN(C)C(=O)CC1(O)CCCN(Cc2cccc(C3CC3)c2)C1. The minimum atomic E-state index is -0.881. The monoisotopic (exact) mass is 316 g/mol. The summed E-state index contributed by atoms with van der Waals surface area (Å²) in [5, 5.41) is 10.8. The normalized spacial score (nSPS) is 25.3. The lowest BCUT2D eigenvalue weighted by Crippen LogP contribution is -2.50. The Bertz CT molecular complexity index is 568. The van der Waals surface area contributed by atoms with Crippen LogP contribution in [0.4, 0.5) is 0 Å². The summed E-state index contributed by atoms with van der Waals surface area (Å²) in [5.74, 6) is 0.774. The van der Waals surface area contributed by atoms with Crippen molar-refractivity contribution < 1.29 is 9.90 Å². The molecule has 23 heavy (non-hydrogen) atoms. The molecule has 1 saturated heterocycles. The van der Waals surface area contributed by atoms with Crippen LogP contribution in [0.25, 0.3) is 0 Å². The lowest BCUT2D eigenvalue weighted by atomic mass is 9.89. The molecule has 1 aromatic rings. The van der Waals surface area contributed by atoms with Gasteiger partial charge in [0.1, 0.15) is 0 Å². The fourth-order valence-electron chi connectivity index (χ4n) is 3.55. The van der Waals surface area contributed by atoms with Gasteiger partial charge in [-0.3, -0.25) is 9.69 Å². The Balaban J connectivity index is 1.62. The van der Waals surface area contributed by atoms with Gasteiger partial charge < -0.3 is 10.0 Å². The molecule has 0 bridgehead atoms. The average molecular weight is 316 g/mol. The zero-order valence-corrected chi connectivity index (χ0v) is 14.3. The first kappa shape index (κ1) is 16.5. The molecule has 0 radical (unpaired) electrons. The van der Waals surface area contributed by atoms with E-state index in [1.165, 1.54) is 24.0 Å². The van der Waals surface area contributed by atoms with Crippen LogP contribution in [0.1, 0.15) is 49.1 Å². The summed E-state index contributed by atoms with van der Waals surface area (Å²) in [7, 11) is 3.49. The Morgan fingerprint density at radius 1 is 1.39 bits per heavy atom. The van der Waals surface area contributed by atoms with Crippen molar-refractivity contribution in [1.82, 2.24) is 9.80 Å². The molecule has 1 N–H and O–H groups in total. The number of piperidine rings is 1. The van der Waals surface area contributed by atoms with Gasteiger partial charge in [-0.2, -0.15) is 0 Å². The van der Waals surface area contributed by atoms with Crippen LogP contribution in [0.3, 0.4) is 0 Å². The maximum atomic E-state index is 12.0. The van der Waals surface area contributed by atoms with E-state index < -0.39 is 5.60 Å². The topological polar surface area (TPSA) is 43.8 Å². The zero-order valence-electron chi connectivity index (χ0n) is 14.3. The molecular formula is C19H28N2O2. The highest BCUT2D eigenvalue weighted by Gasteiger charge is 2.35. The average Bonchev–Trinajstić information content (AvgIpc) is 3.31. The number of carbonyl (C=O) groups excluding carboxylic acids is 1. The highest BCUT2D eigenvalue weighted by molar-refractivity contribution is 5.76. The predicted octanol–water partition coefficient (Wildman–Crippen LogP) is 2.37. The molecule has 1 unspecified atom stereocenters. The van der Waals surface area contributed by atoms with Crippen molar-refractivity contribution in [1.29, 1.82) is 0 Å². The van der Waals surface area contributed by atoms with Crippen LogP contribution in [-0.2, 0) is 11.3 Å². The van der Waals surface area contributed by atoms with Crippen LogP contribution in [-0.4, -0.2) is 53.6 Å². The summed E-state index contributed by atoms with van der Waals surface area (Å²) >= 11 is 0. The third-order valence-corrected chi connectivity index (χ3v) is 5.02. The molecule has 1 atom stereocenters. The van der Waals surface area contributed by atoms with E-state index in [0.29, 0.717) is 13.0 Å². The van der Waals surface area contributed by atoms with Crippen LogP contribution in [0.5, 0.6) is 0 Å². The fraction of sp³-hybridized carbons (Fsp3) is 0.632. The maximum absolute atomic E-state index is 12.0. The number of amides is 1. The van der Waals surface area contributed by atoms with Crippen LogP contribution in [0.15, 0.2) is 24.3 Å². The molecule has 4 nitrogen and oxygen atoms in total. The zero-order chi connectivity index (χ0) is 16.4. The van der Waals surface area contributed by atoms with Gasteiger partial charge in [-0.25, -0.2) is 0 Å². The minimum Gasteiger partial charge on any atom is -0.388 e. The number of hydrogen-bond donors (Lipinski definition) is 1. The van der Waals surface area contributed by atoms with E-state index in [9.17, 15) is 9.90 Å². The fourth-order valence-corrected chi connectivity index (χ4v) is 3.55. The van der Waals surface area contributed by atoms with Crippen molar-refractivity contribution in [2.45, 2.75) is 50.2 Å². The van der Waals surface area contributed by atoms with Crippen molar-refractivity contribution in [2.75, 3.05) is 27.2 Å². The summed E-state index contributed by atoms with van der Waals surface area (Å²) in [4.78, 5) is 15.8. The molecule has 1 aliphatic carbocycles. The van der Waals surface area contributed by atoms with Gasteiger partial charge >= 0.3 is 0 Å². The van der Waals surface area contributed by atoms with E-state index in [1.807, 2.05) is 0 Å². The summed E-state index contributed by atoms with van der Waals surface area (Å²) in [5.41, 5.74) is 1.89. The first-order valence-corrected chi connectivity index (χ1v) is 8.69. The lowest BCUT2D eigenvalue weighted by Gasteiger charge is -2.39. The number of aliphatic hydroxyl groups is 1. The molecule has 1 saturated carbocycles. The highest BCUT2D eigenvalue weighted by atomic mass is 16.3. The number of likely N-dealkylation sites (tertiary alicyclic amines) is 1. The molecule has 1 amide bonds. The molecule has 0 spiro atoms. The molecule has 126 valence electrons. The first-order chi connectivity index (χ1) is 11.0. The van der Waals surface area contributed by atoms with Crippen molar-refractivity contribution in [3.05, 3.63) is 35.4 Å². The van der Waals surface area contributed by atoms with E-state index >= 15 is 0 Å². The summed E-state index contributed by atoms with van der Waals surface area (Å²) < 4.78 is 0. The van der Waals surface area contributed by atoms with E-state index in [0.717, 1.165) is 25.4 Å². The van der Waals surface area contributed by atoms with Gasteiger partial charge in [0.2, 0.25) is 5.91 Å². The second-order valence-corrected chi connectivity index (χ2v) is 7.52. The first-order valence-electron chi connectivity index (χ1n) is 8.69. The molecule has 1 aliphatic heterocycles. The van der Waals surface area contributed by atoms with E-state index in [1.54, 1.807) is 19.0 Å². The quantitative estimate of drug-likeness (QED) is 0.907. The third kappa shape index (κ3) is 4.33. The van der Waals surface area contributed by atoms with Crippen molar-refractivity contribution in [3.63, 3.8) is 0 Å². The Morgan fingerprint density at radius 3 is 2.87 bits per heavy atom. The van der Waals surface area contributed by atoms with Crippen molar-refractivity contribution in [3.8, 4) is 0 Å². The maximum Gasteiger partial charge on any atom is 0.224 e. The van der Waals surface area contributed by atoms with Crippen molar-refractivity contribution >= 4 is 5.91 Å². The van der Waals surface area contributed by atoms with E-state index in [-0.39, 0.29) is 12.3 Å². The number of carbonyl (C=O) groups is 1. The molecule has 0 aromatic heterocycles. The van der Waals surface area contributed by atoms with Gasteiger partial charge in [-0.1, -0.05) is 24.3 Å². The van der Waals surface area contributed by atoms with Gasteiger partial charge in [0.15, 0.2) is 0 Å². The second kappa shape index (κ2) is 6.62. The lowest BCUT2D eigenvalue weighted by molar-refractivity contribution is -0.136. The van der Waals surface area contributed by atoms with Crippen LogP contribution in [0.2, 0.25) is 0 Å². The van der Waals surface area contributed by atoms with Gasteiger partial charge in [0.05, 0.1) is 12.0 Å². The largest absolute Gasteiger partial charge is 0.388 e. The van der Waals surface area contributed by atoms with Crippen molar-refractivity contribution in [2.24, 2.45) is 0 Å². The van der Waals surface area contributed by atoms with E-state index in [4.69, 9.17) is 0 Å². The third-order valence-electron chi connectivity index (χ3n) is 5.02. The van der Waals surface area contributed by atoms with Crippen LogP contribution in [0, 0.1) is 0 Å². The molecule has 4 heteroatoms. The van der Waals surface area contributed by atoms with Gasteiger partial charge in [-0.05, 0) is 49.3 Å². The number of hydrogen-bond acceptors (Lipinski definition) is 3.